The standard InChI is InChI=1S/C16H16O/c1-3-13-7-8-16(17-13)14-6-4-5-12-9-11(2)10-15(12)14/h4-8,10H,3,9H2,1-2H3. The summed E-state index contributed by atoms with van der Waals surface area (Å²) in [6.45, 7) is 4.30. The van der Waals surface area contributed by atoms with Gasteiger partial charge in [-0.2, -0.15) is 0 Å². The molecule has 1 heteroatoms. The molecule has 1 aliphatic rings. The van der Waals surface area contributed by atoms with Crippen molar-refractivity contribution in [3.05, 3.63) is 52.8 Å². The van der Waals surface area contributed by atoms with Crippen molar-refractivity contribution in [2.75, 3.05) is 0 Å². The van der Waals surface area contributed by atoms with Crippen molar-refractivity contribution in [1.29, 1.82) is 0 Å². The summed E-state index contributed by atoms with van der Waals surface area (Å²) >= 11 is 0. The van der Waals surface area contributed by atoms with Gasteiger partial charge in [-0.1, -0.05) is 36.8 Å². The van der Waals surface area contributed by atoms with Gasteiger partial charge >= 0.3 is 0 Å². The van der Waals surface area contributed by atoms with Gasteiger partial charge in [0.05, 0.1) is 0 Å². The summed E-state index contributed by atoms with van der Waals surface area (Å²) in [5, 5.41) is 0. The van der Waals surface area contributed by atoms with Crippen LogP contribution in [0.5, 0.6) is 0 Å². The Hall–Kier alpha value is -1.76. The van der Waals surface area contributed by atoms with E-state index in [1.165, 1.54) is 22.3 Å². The van der Waals surface area contributed by atoms with Crippen LogP contribution in [0.3, 0.4) is 0 Å². The Morgan fingerprint density at radius 2 is 2.06 bits per heavy atom. The fourth-order valence-corrected chi connectivity index (χ4v) is 2.46. The van der Waals surface area contributed by atoms with Crippen molar-refractivity contribution in [2.24, 2.45) is 0 Å². The number of allylic oxidation sites excluding steroid dienone is 1. The molecule has 1 aromatic heterocycles. The Labute approximate surface area is 102 Å². The number of benzene rings is 1. The lowest BCUT2D eigenvalue weighted by atomic mass is 10.0. The van der Waals surface area contributed by atoms with Crippen molar-refractivity contribution in [1.82, 2.24) is 0 Å². The lowest BCUT2D eigenvalue weighted by molar-refractivity contribution is 0.529. The van der Waals surface area contributed by atoms with Gasteiger partial charge < -0.3 is 4.42 Å². The molecule has 3 rings (SSSR count). The van der Waals surface area contributed by atoms with Crippen LogP contribution in [0.25, 0.3) is 17.4 Å². The number of hydrogen-bond donors (Lipinski definition) is 0. The van der Waals surface area contributed by atoms with Crippen LogP contribution < -0.4 is 0 Å². The monoisotopic (exact) mass is 224 g/mol. The molecule has 1 nitrogen and oxygen atoms in total. The van der Waals surface area contributed by atoms with Gasteiger partial charge in [-0.3, -0.25) is 0 Å². The van der Waals surface area contributed by atoms with E-state index in [1.807, 2.05) is 0 Å². The lowest BCUT2D eigenvalue weighted by Crippen LogP contribution is -1.85. The molecule has 17 heavy (non-hydrogen) atoms. The predicted octanol–water partition coefficient (Wildman–Crippen LogP) is 4.47. The van der Waals surface area contributed by atoms with E-state index in [9.17, 15) is 0 Å². The van der Waals surface area contributed by atoms with Crippen LogP contribution in [0, 0.1) is 0 Å². The molecule has 0 N–H and O–H groups in total. The lowest BCUT2D eigenvalue weighted by Gasteiger charge is -2.04. The fourth-order valence-electron chi connectivity index (χ4n) is 2.46. The molecule has 0 spiro atoms. The van der Waals surface area contributed by atoms with Crippen LogP contribution in [-0.4, -0.2) is 0 Å². The van der Waals surface area contributed by atoms with E-state index in [-0.39, 0.29) is 0 Å². The van der Waals surface area contributed by atoms with E-state index >= 15 is 0 Å². The molecule has 1 aliphatic carbocycles. The van der Waals surface area contributed by atoms with Crippen molar-refractivity contribution in [3.8, 4) is 11.3 Å². The minimum atomic E-state index is 0.948. The minimum absolute atomic E-state index is 0.948. The van der Waals surface area contributed by atoms with E-state index in [4.69, 9.17) is 4.42 Å². The SMILES string of the molecule is CCc1ccc(-c2cccc3c2C=C(C)C3)o1. The molecule has 2 aromatic rings. The highest BCUT2D eigenvalue weighted by molar-refractivity contribution is 5.78. The largest absolute Gasteiger partial charge is 0.461 e. The van der Waals surface area contributed by atoms with Crippen molar-refractivity contribution >= 4 is 6.08 Å². The third-order valence-electron chi connectivity index (χ3n) is 3.33. The van der Waals surface area contributed by atoms with Crippen LogP contribution in [0.1, 0.15) is 30.7 Å². The highest BCUT2D eigenvalue weighted by Gasteiger charge is 2.15. The van der Waals surface area contributed by atoms with E-state index in [0.717, 1.165) is 24.4 Å². The zero-order chi connectivity index (χ0) is 11.8. The first-order chi connectivity index (χ1) is 8.28. The maximum Gasteiger partial charge on any atom is 0.134 e. The van der Waals surface area contributed by atoms with Crippen LogP contribution in [0.4, 0.5) is 0 Å². The highest BCUT2D eigenvalue weighted by atomic mass is 16.3. The van der Waals surface area contributed by atoms with Gasteiger partial charge in [0.15, 0.2) is 0 Å². The molecule has 0 aliphatic heterocycles. The number of hydrogen-bond acceptors (Lipinski definition) is 1. The fraction of sp³-hybridized carbons (Fsp3) is 0.250. The summed E-state index contributed by atoms with van der Waals surface area (Å²) in [6.07, 6.45) is 4.30. The average Bonchev–Trinajstić information content (AvgIpc) is 2.92. The van der Waals surface area contributed by atoms with Crippen LogP contribution in [0.15, 0.2) is 40.3 Å². The van der Waals surface area contributed by atoms with E-state index in [0.29, 0.717) is 0 Å². The molecule has 1 aromatic carbocycles. The molecule has 86 valence electrons. The van der Waals surface area contributed by atoms with Crippen molar-refractivity contribution in [3.63, 3.8) is 0 Å². The molecule has 1 heterocycles. The molecule has 0 atom stereocenters. The van der Waals surface area contributed by atoms with Gasteiger partial charge in [0, 0.05) is 12.0 Å². The van der Waals surface area contributed by atoms with Gasteiger partial charge in [0.1, 0.15) is 11.5 Å². The Bertz CT molecular complexity index is 587. The molecule has 0 amide bonds. The van der Waals surface area contributed by atoms with E-state index < -0.39 is 0 Å². The predicted molar refractivity (Wildman–Crippen MR) is 70.9 cm³/mol. The molecule has 0 bridgehead atoms. The molecule has 0 saturated heterocycles. The molecule has 0 fully saturated rings. The number of fused-ring (bicyclic) bond motifs is 1. The smallest absolute Gasteiger partial charge is 0.134 e. The Morgan fingerprint density at radius 3 is 2.82 bits per heavy atom. The number of furan rings is 1. The van der Waals surface area contributed by atoms with Gasteiger partial charge in [-0.05, 0) is 36.6 Å². The Morgan fingerprint density at radius 1 is 1.18 bits per heavy atom. The first-order valence-corrected chi connectivity index (χ1v) is 6.16. The molecule has 0 saturated carbocycles. The summed E-state index contributed by atoms with van der Waals surface area (Å²) < 4.78 is 5.85. The summed E-state index contributed by atoms with van der Waals surface area (Å²) in [6, 6.07) is 10.6. The van der Waals surface area contributed by atoms with Crippen molar-refractivity contribution in [2.45, 2.75) is 26.7 Å². The van der Waals surface area contributed by atoms with Gasteiger partial charge in [-0.15, -0.1) is 0 Å². The Kier molecular flexibility index (Phi) is 2.40. The molecular weight excluding hydrogens is 208 g/mol. The third-order valence-corrected chi connectivity index (χ3v) is 3.33. The quantitative estimate of drug-likeness (QED) is 0.733. The van der Waals surface area contributed by atoms with Gasteiger partial charge in [0.25, 0.3) is 0 Å². The topological polar surface area (TPSA) is 13.1 Å². The molecule has 0 radical (unpaired) electrons. The molecular formula is C16H16O. The van der Waals surface area contributed by atoms with Gasteiger partial charge in [0.2, 0.25) is 0 Å². The second-order valence-corrected chi connectivity index (χ2v) is 4.67. The first-order valence-electron chi connectivity index (χ1n) is 6.16. The normalized spacial score (nSPS) is 13.6. The van der Waals surface area contributed by atoms with Crippen LogP contribution >= 0.6 is 0 Å². The van der Waals surface area contributed by atoms with Gasteiger partial charge in [-0.25, -0.2) is 0 Å². The summed E-state index contributed by atoms with van der Waals surface area (Å²) in [5.74, 6) is 2.04. The van der Waals surface area contributed by atoms with Crippen LogP contribution in [-0.2, 0) is 12.8 Å². The van der Waals surface area contributed by atoms with Crippen LogP contribution in [0.2, 0.25) is 0 Å². The summed E-state index contributed by atoms with van der Waals surface area (Å²) in [5.41, 5.74) is 5.39. The minimum Gasteiger partial charge on any atom is -0.461 e. The zero-order valence-electron chi connectivity index (χ0n) is 10.3. The van der Waals surface area contributed by atoms with E-state index in [2.05, 4.69) is 50.3 Å². The number of rotatable bonds is 2. The van der Waals surface area contributed by atoms with E-state index in [1.54, 1.807) is 0 Å². The highest BCUT2D eigenvalue weighted by Crippen LogP contribution is 2.34. The molecule has 0 unspecified atom stereocenters. The number of aryl methyl sites for hydroxylation is 1. The third kappa shape index (κ3) is 1.72. The summed E-state index contributed by atoms with van der Waals surface area (Å²) in [4.78, 5) is 0. The zero-order valence-corrected chi connectivity index (χ0v) is 10.3. The summed E-state index contributed by atoms with van der Waals surface area (Å²) in [7, 11) is 0. The maximum absolute atomic E-state index is 5.85. The average molecular weight is 224 g/mol. The maximum atomic E-state index is 5.85. The first kappa shape index (κ1) is 10.4. The second-order valence-electron chi connectivity index (χ2n) is 4.67. The second kappa shape index (κ2) is 3.92. The van der Waals surface area contributed by atoms with Crippen molar-refractivity contribution < 1.29 is 4.42 Å². The Balaban J connectivity index is 2.13.